The van der Waals surface area contributed by atoms with Crippen molar-refractivity contribution in [2.75, 3.05) is 18.6 Å². The number of carboxylic acids is 1. The van der Waals surface area contributed by atoms with Gasteiger partial charge in [-0.2, -0.15) is 0 Å². The lowest BCUT2D eigenvalue weighted by molar-refractivity contribution is -0.142. The van der Waals surface area contributed by atoms with Gasteiger partial charge in [0.05, 0.1) is 30.4 Å². The van der Waals surface area contributed by atoms with Crippen molar-refractivity contribution in [2.45, 2.75) is 34.9 Å². The number of hydrogen-bond acceptors (Lipinski definition) is 7. The summed E-state index contributed by atoms with van der Waals surface area (Å²) in [5.41, 5.74) is -1.88. The van der Waals surface area contributed by atoms with E-state index in [4.69, 9.17) is 44.6 Å². The first-order chi connectivity index (χ1) is 22.4. The van der Waals surface area contributed by atoms with Gasteiger partial charge in [0, 0.05) is 12.5 Å². The number of hydrogen-bond donors (Lipinski definition) is 2. The van der Waals surface area contributed by atoms with Gasteiger partial charge in [0.25, 0.3) is 11.8 Å². The molecule has 0 spiro atoms. The number of halogens is 8. The fourth-order valence-corrected chi connectivity index (χ4v) is 8.50. The summed E-state index contributed by atoms with van der Waals surface area (Å²) < 4.78 is 78.1. The molecule has 2 aliphatic carbocycles. The first-order valence-electron chi connectivity index (χ1n) is 14.1. The third kappa shape index (κ3) is 4.32. The number of fused-ring (bicyclic) bond motifs is 4. The van der Waals surface area contributed by atoms with E-state index in [-0.39, 0.29) is 33.2 Å². The third-order valence-corrected chi connectivity index (χ3v) is 11.2. The summed E-state index contributed by atoms with van der Waals surface area (Å²) in [5, 5.41) is 19.2. The molecular formula is C30H20Cl3F5N2O8. The van der Waals surface area contributed by atoms with E-state index >= 15 is 8.78 Å². The second kappa shape index (κ2) is 11.3. The Morgan fingerprint density at radius 3 is 2.15 bits per heavy atom. The second-order valence-corrected chi connectivity index (χ2v) is 13.4. The second-order valence-electron chi connectivity index (χ2n) is 11.7. The molecule has 0 radical (unpaired) electrons. The molecule has 254 valence electrons. The zero-order valence-corrected chi connectivity index (χ0v) is 26.4. The zero-order valence-electron chi connectivity index (χ0n) is 24.1. The lowest BCUT2D eigenvalue weighted by Gasteiger charge is -2.50. The molecule has 18 heteroatoms. The van der Waals surface area contributed by atoms with Gasteiger partial charge < -0.3 is 14.9 Å². The maximum absolute atomic E-state index is 15.1. The topological polar surface area (TPSA) is 142 Å². The van der Waals surface area contributed by atoms with Crippen LogP contribution < -0.4 is 9.64 Å². The van der Waals surface area contributed by atoms with E-state index in [1.807, 2.05) is 0 Å². The van der Waals surface area contributed by atoms with Crippen molar-refractivity contribution in [3.8, 4) is 11.5 Å². The standard InChI is InChI=1S/C30H20Cl3F5N2O8/c1-48-14-7-9(6-13(31)24(14)43)17-10-2-3-11-16(26(45)39(25(11)44)5-4-15(41)42)12(10)8-29(32)27(46)40(28(47)30(17,29)33)23-21(37)19(35)18(34)20(36)22(23)38/h2,6-7,11-12,16-17,43H,3-5,8H2,1H3,(H,41,42). The van der Waals surface area contributed by atoms with Crippen LogP contribution in [0, 0.1) is 46.8 Å². The number of rotatable bonds is 6. The van der Waals surface area contributed by atoms with Gasteiger partial charge in [-0.05, 0) is 36.5 Å². The zero-order chi connectivity index (χ0) is 35.4. The van der Waals surface area contributed by atoms with Gasteiger partial charge in [0.2, 0.25) is 17.6 Å². The Labute approximate surface area is 281 Å². The van der Waals surface area contributed by atoms with Gasteiger partial charge in [0.1, 0.15) is 5.69 Å². The molecule has 6 unspecified atom stereocenters. The fourth-order valence-electron chi connectivity index (χ4n) is 7.35. The summed E-state index contributed by atoms with van der Waals surface area (Å²) in [6.45, 7) is -0.479. The normalized spacial score (nSPS) is 29.6. The Kier molecular flexibility index (Phi) is 7.99. The number of phenols is 1. The Morgan fingerprint density at radius 2 is 1.56 bits per heavy atom. The molecule has 6 atom stereocenters. The van der Waals surface area contributed by atoms with Crippen molar-refractivity contribution in [2.24, 2.45) is 17.8 Å². The molecule has 6 rings (SSSR count). The maximum Gasteiger partial charge on any atom is 0.305 e. The number of ether oxygens (including phenoxy) is 1. The molecule has 3 fully saturated rings. The molecule has 10 nitrogen and oxygen atoms in total. The predicted molar refractivity (Wildman–Crippen MR) is 155 cm³/mol. The summed E-state index contributed by atoms with van der Waals surface area (Å²) >= 11 is 20.3. The molecule has 4 aliphatic rings. The molecule has 2 heterocycles. The van der Waals surface area contributed by atoms with E-state index in [1.54, 1.807) is 0 Å². The van der Waals surface area contributed by atoms with Crippen molar-refractivity contribution in [1.82, 2.24) is 4.90 Å². The Balaban J connectivity index is 1.59. The van der Waals surface area contributed by atoms with E-state index in [0.717, 1.165) is 24.1 Å². The molecule has 48 heavy (non-hydrogen) atoms. The van der Waals surface area contributed by atoms with Crippen molar-refractivity contribution in [3.05, 3.63) is 63.5 Å². The molecule has 2 N–H and O–H groups in total. The molecule has 2 aromatic carbocycles. The van der Waals surface area contributed by atoms with E-state index in [9.17, 15) is 42.3 Å². The van der Waals surface area contributed by atoms with Crippen LogP contribution in [0.25, 0.3) is 0 Å². The summed E-state index contributed by atoms with van der Waals surface area (Å²) in [6.07, 6.45) is -0.0119. The number of amides is 4. The number of methoxy groups -OCH3 is 1. The first-order valence-corrected chi connectivity index (χ1v) is 15.2. The molecular weight excluding hydrogens is 718 g/mol. The number of imide groups is 2. The van der Waals surface area contributed by atoms with Crippen LogP contribution in [0.2, 0.25) is 5.02 Å². The number of aromatic hydroxyl groups is 1. The van der Waals surface area contributed by atoms with Gasteiger partial charge in [-0.25, -0.2) is 26.9 Å². The number of nitrogens with zero attached hydrogens (tertiary/aromatic N) is 2. The third-order valence-electron chi connectivity index (χ3n) is 9.47. The van der Waals surface area contributed by atoms with Crippen molar-refractivity contribution in [1.29, 1.82) is 0 Å². The average molecular weight is 738 g/mol. The summed E-state index contributed by atoms with van der Waals surface area (Å²) in [6, 6.07) is 2.27. The van der Waals surface area contributed by atoms with E-state index in [1.165, 1.54) is 6.08 Å². The molecule has 1 saturated carbocycles. The molecule has 0 aromatic heterocycles. The van der Waals surface area contributed by atoms with Crippen LogP contribution >= 0.6 is 34.8 Å². The van der Waals surface area contributed by atoms with E-state index < -0.39 is 123 Å². The lowest BCUT2D eigenvalue weighted by Crippen LogP contribution is -2.60. The van der Waals surface area contributed by atoms with E-state index in [0.29, 0.717) is 0 Å². The lowest BCUT2D eigenvalue weighted by atomic mass is 9.56. The number of likely N-dealkylation sites (tertiary alicyclic amines) is 1. The van der Waals surface area contributed by atoms with Gasteiger partial charge >= 0.3 is 5.97 Å². The van der Waals surface area contributed by atoms with Crippen LogP contribution in [0.3, 0.4) is 0 Å². The molecule has 0 bridgehead atoms. The number of carboxylic acid groups (broad SMARTS) is 1. The minimum Gasteiger partial charge on any atom is -0.503 e. The average Bonchev–Trinajstić information content (AvgIpc) is 3.37. The number of aliphatic carboxylic acids is 1. The Morgan fingerprint density at radius 1 is 0.958 bits per heavy atom. The number of anilines is 1. The summed E-state index contributed by atoms with van der Waals surface area (Å²) in [4.78, 5) is 61.5. The van der Waals surface area contributed by atoms with Crippen LogP contribution in [-0.2, 0) is 24.0 Å². The van der Waals surface area contributed by atoms with Crippen molar-refractivity contribution >= 4 is 70.1 Å². The highest BCUT2D eigenvalue weighted by Gasteiger charge is 2.77. The van der Waals surface area contributed by atoms with E-state index in [2.05, 4.69) is 0 Å². The molecule has 4 amide bonds. The number of alkyl halides is 2. The van der Waals surface area contributed by atoms with Gasteiger partial charge in [-0.3, -0.25) is 28.9 Å². The molecule has 2 aliphatic heterocycles. The number of phenolic OH excluding ortho intramolecular Hbond substituents is 1. The fraction of sp³-hybridized carbons (Fsp3) is 0.367. The van der Waals surface area contributed by atoms with Crippen LogP contribution in [0.1, 0.15) is 30.7 Å². The smallest absolute Gasteiger partial charge is 0.305 e. The highest BCUT2D eigenvalue weighted by atomic mass is 35.5. The number of carbonyl (C=O) groups excluding carboxylic acids is 4. The van der Waals surface area contributed by atoms with Gasteiger partial charge in [0.15, 0.2) is 44.5 Å². The maximum atomic E-state index is 15.1. The first kappa shape index (κ1) is 33.9. The SMILES string of the molecule is COc1cc(C2C3=CCC4C(=O)N(CCC(=O)O)C(=O)C4C3CC3(Cl)C(=O)N(c4c(F)c(F)c(F)c(F)c4F)C(=O)C23Cl)cc(Cl)c1O. The molecule has 2 aromatic rings. The quantitative estimate of drug-likeness (QED) is 0.108. The van der Waals surface area contributed by atoms with Gasteiger partial charge in [-0.1, -0.05) is 23.3 Å². The largest absolute Gasteiger partial charge is 0.503 e. The van der Waals surface area contributed by atoms with Crippen LogP contribution in [0.4, 0.5) is 27.6 Å². The highest BCUT2D eigenvalue weighted by Crippen LogP contribution is 2.66. The van der Waals surface area contributed by atoms with Crippen molar-refractivity contribution < 1.29 is 60.9 Å². The Hall–Kier alpha value is -3.95. The van der Waals surface area contributed by atoms with Crippen LogP contribution in [0.15, 0.2) is 23.8 Å². The highest BCUT2D eigenvalue weighted by molar-refractivity contribution is 6.58. The summed E-state index contributed by atoms with van der Waals surface area (Å²) in [7, 11) is 1.15. The number of carbonyl (C=O) groups is 5. The van der Waals surface area contributed by atoms with Crippen LogP contribution in [-0.4, -0.2) is 68.1 Å². The summed E-state index contributed by atoms with van der Waals surface area (Å²) in [5.74, 6) is -24.8. The minimum atomic E-state index is -2.80. The molecule has 2 saturated heterocycles. The van der Waals surface area contributed by atoms with Gasteiger partial charge in [-0.15, -0.1) is 23.2 Å². The monoisotopic (exact) mass is 736 g/mol. The predicted octanol–water partition coefficient (Wildman–Crippen LogP) is 4.79. The minimum absolute atomic E-state index is 0.0796. The number of benzene rings is 2. The Bertz CT molecular complexity index is 1880. The van der Waals surface area contributed by atoms with Crippen LogP contribution in [0.5, 0.6) is 11.5 Å². The number of allylic oxidation sites excluding steroid dienone is 2. The van der Waals surface area contributed by atoms with Crippen molar-refractivity contribution in [3.63, 3.8) is 0 Å².